The van der Waals surface area contributed by atoms with Crippen molar-refractivity contribution in [3.8, 4) is 0 Å². The lowest BCUT2D eigenvalue weighted by Gasteiger charge is -2.31. The van der Waals surface area contributed by atoms with Crippen molar-refractivity contribution >= 4 is 33.3 Å². The van der Waals surface area contributed by atoms with E-state index >= 15 is 0 Å². The summed E-state index contributed by atoms with van der Waals surface area (Å²) in [6.45, 7) is 3.39. The van der Waals surface area contributed by atoms with Crippen LogP contribution in [-0.4, -0.2) is 76.6 Å². The van der Waals surface area contributed by atoms with Gasteiger partial charge in [0.15, 0.2) is 0 Å². The molecule has 0 atom stereocenters. The minimum atomic E-state index is -3.62. The van der Waals surface area contributed by atoms with E-state index < -0.39 is 22.0 Å². The normalized spacial score (nSPS) is 20.2. The highest BCUT2D eigenvalue weighted by Crippen LogP contribution is 2.31. The minimum absolute atomic E-state index is 0.116. The van der Waals surface area contributed by atoms with Crippen molar-refractivity contribution < 1.29 is 22.7 Å². The number of benzene rings is 1. The van der Waals surface area contributed by atoms with E-state index in [1.54, 1.807) is 18.2 Å². The summed E-state index contributed by atoms with van der Waals surface area (Å²) in [4.78, 5) is 26.8. The molecule has 1 aliphatic carbocycles. The Labute approximate surface area is 201 Å². The van der Waals surface area contributed by atoms with Gasteiger partial charge in [0.2, 0.25) is 15.9 Å². The number of hydrogen-bond acceptors (Lipinski definition) is 7. The van der Waals surface area contributed by atoms with Gasteiger partial charge >= 0.3 is 6.03 Å². The van der Waals surface area contributed by atoms with Gasteiger partial charge < -0.3 is 20.3 Å². The van der Waals surface area contributed by atoms with Gasteiger partial charge in [-0.3, -0.25) is 10.1 Å². The number of amides is 3. The van der Waals surface area contributed by atoms with E-state index in [1.807, 2.05) is 0 Å². The van der Waals surface area contributed by atoms with Gasteiger partial charge in [-0.05, 0) is 43.9 Å². The van der Waals surface area contributed by atoms with E-state index in [0.29, 0.717) is 45.1 Å². The molecule has 0 bridgehead atoms. The molecular formula is C23H35N5O5S. The second-order valence-electron chi connectivity index (χ2n) is 9.10. The summed E-state index contributed by atoms with van der Waals surface area (Å²) in [7, 11) is -3.62. The molecule has 1 aromatic rings. The van der Waals surface area contributed by atoms with Crippen LogP contribution in [0.3, 0.4) is 0 Å². The average molecular weight is 494 g/mol. The first-order valence-corrected chi connectivity index (χ1v) is 13.7. The second-order valence-corrected chi connectivity index (χ2v) is 11.0. The van der Waals surface area contributed by atoms with Crippen LogP contribution in [0.4, 0.5) is 16.2 Å². The molecule has 3 amide bonds. The molecular weight excluding hydrogens is 458 g/mol. The van der Waals surface area contributed by atoms with Crippen LogP contribution in [0.5, 0.6) is 0 Å². The van der Waals surface area contributed by atoms with Gasteiger partial charge in [-0.25, -0.2) is 13.2 Å². The summed E-state index contributed by atoms with van der Waals surface area (Å²) in [5, 5.41) is 8.26. The molecule has 2 saturated heterocycles. The topological polar surface area (TPSA) is 120 Å². The molecule has 0 aromatic heterocycles. The lowest BCUT2D eigenvalue weighted by atomic mass is 10.2. The maximum atomic E-state index is 13.2. The third-order valence-electron chi connectivity index (χ3n) is 6.66. The number of carbonyl (C=O) groups excluding carboxylic acids is 2. The highest BCUT2D eigenvalue weighted by Gasteiger charge is 2.27. The molecule has 2 aliphatic heterocycles. The van der Waals surface area contributed by atoms with Crippen LogP contribution in [-0.2, 0) is 19.6 Å². The van der Waals surface area contributed by atoms with Crippen LogP contribution in [0, 0.1) is 0 Å². The maximum absolute atomic E-state index is 13.2. The molecule has 2 heterocycles. The summed E-state index contributed by atoms with van der Waals surface area (Å²) in [5.74, 6) is -0.479. The van der Waals surface area contributed by atoms with Crippen LogP contribution in [0.15, 0.2) is 23.1 Å². The van der Waals surface area contributed by atoms with Gasteiger partial charge in [-0.1, -0.05) is 19.3 Å². The quantitative estimate of drug-likeness (QED) is 0.530. The second kappa shape index (κ2) is 11.4. The largest absolute Gasteiger partial charge is 0.378 e. The number of morpholine rings is 1. The average Bonchev–Trinajstić information content (AvgIpc) is 3.36. The first-order chi connectivity index (χ1) is 16.4. The fourth-order valence-corrected chi connectivity index (χ4v) is 6.33. The Balaban J connectivity index is 1.46. The zero-order valence-corrected chi connectivity index (χ0v) is 20.4. The summed E-state index contributed by atoms with van der Waals surface area (Å²) in [6, 6.07) is 4.64. The van der Waals surface area contributed by atoms with Gasteiger partial charge in [0.25, 0.3) is 0 Å². The van der Waals surface area contributed by atoms with Crippen LogP contribution in [0.1, 0.15) is 44.9 Å². The predicted molar refractivity (Wildman–Crippen MR) is 130 cm³/mol. The van der Waals surface area contributed by atoms with Crippen molar-refractivity contribution in [3.05, 3.63) is 18.2 Å². The third kappa shape index (κ3) is 6.19. The monoisotopic (exact) mass is 493 g/mol. The Morgan fingerprint density at radius 3 is 2.38 bits per heavy atom. The highest BCUT2D eigenvalue weighted by atomic mass is 32.2. The Morgan fingerprint density at radius 1 is 0.971 bits per heavy atom. The van der Waals surface area contributed by atoms with Gasteiger partial charge in [-0.15, -0.1) is 0 Å². The molecule has 0 spiro atoms. The van der Waals surface area contributed by atoms with Crippen molar-refractivity contribution in [3.63, 3.8) is 0 Å². The third-order valence-corrected chi connectivity index (χ3v) is 8.55. The molecule has 34 heavy (non-hydrogen) atoms. The van der Waals surface area contributed by atoms with E-state index in [9.17, 15) is 18.0 Å². The number of anilines is 2. The molecule has 1 saturated carbocycles. The summed E-state index contributed by atoms with van der Waals surface area (Å²) >= 11 is 0. The van der Waals surface area contributed by atoms with Crippen molar-refractivity contribution in [2.75, 3.05) is 56.2 Å². The fraction of sp³-hybridized carbons (Fsp3) is 0.652. The lowest BCUT2D eigenvalue weighted by Crippen LogP contribution is -2.45. The van der Waals surface area contributed by atoms with Crippen molar-refractivity contribution in [1.29, 1.82) is 0 Å². The molecule has 0 radical (unpaired) electrons. The van der Waals surface area contributed by atoms with Crippen molar-refractivity contribution in [2.24, 2.45) is 0 Å². The van der Waals surface area contributed by atoms with Gasteiger partial charge in [0.05, 0.1) is 36.0 Å². The number of nitrogens with one attached hydrogen (secondary N) is 3. The number of imide groups is 1. The summed E-state index contributed by atoms with van der Waals surface area (Å²) < 4.78 is 33.4. The molecule has 3 N–H and O–H groups in total. The molecule has 10 nitrogen and oxygen atoms in total. The number of hydrogen-bond donors (Lipinski definition) is 3. The number of nitrogens with zero attached hydrogens (tertiary/aromatic N) is 2. The number of rotatable bonds is 7. The fourth-order valence-electron chi connectivity index (χ4n) is 4.79. The van der Waals surface area contributed by atoms with Gasteiger partial charge in [-0.2, -0.15) is 4.31 Å². The number of carbonyl (C=O) groups is 2. The Morgan fingerprint density at radius 2 is 1.68 bits per heavy atom. The molecule has 188 valence electrons. The highest BCUT2D eigenvalue weighted by molar-refractivity contribution is 7.89. The zero-order chi connectivity index (χ0) is 24.0. The first kappa shape index (κ1) is 24.7. The van der Waals surface area contributed by atoms with Gasteiger partial charge in [0.1, 0.15) is 0 Å². The number of urea groups is 1. The molecule has 3 aliphatic rings. The van der Waals surface area contributed by atoms with Crippen LogP contribution >= 0.6 is 0 Å². The zero-order valence-electron chi connectivity index (χ0n) is 19.6. The SMILES string of the molecule is O=C(CNc1cc(S(=O)(=O)N2CCCCC2)ccc1N1CCOCC1)NC(=O)NC1CCCC1. The van der Waals surface area contributed by atoms with E-state index in [0.717, 1.165) is 50.6 Å². The van der Waals surface area contributed by atoms with Gasteiger partial charge in [0, 0.05) is 32.2 Å². The number of piperidine rings is 1. The molecule has 3 fully saturated rings. The van der Waals surface area contributed by atoms with Crippen LogP contribution in [0.2, 0.25) is 0 Å². The van der Waals surface area contributed by atoms with E-state index in [1.165, 1.54) is 4.31 Å². The predicted octanol–water partition coefficient (Wildman–Crippen LogP) is 1.88. The van der Waals surface area contributed by atoms with Crippen LogP contribution < -0.4 is 20.9 Å². The van der Waals surface area contributed by atoms with E-state index in [2.05, 4.69) is 20.9 Å². The van der Waals surface area contributed by atoms with Crippen molar-refractivity contribution in [1.82, 2.24) is 14.9 Å². The molecule has 0 unspecified atom stereocenters. The Kier molecular flexibility index (Phi) is 8.28. The Hall–Kier alpha value is -2.37. The number of ether oxygens (including phenoxy) is 1. The molecule has 4 rings (SSSR count). The molecule has 1 aromatic carbocycles. The molecule has 11 heteroatoms. The van der Waals surface area contributed by atoms with Crippen molar-refractivity contribution in [2.45, 2.75) is 55.9 Å². The first-order valence-electron chi connectivity index (χ1n) is 12.2. The minimum Gasteiger partial charge on any atom is -0.378 e. The lowest BCUT2D eigenvalue weighted by molar-refractivity contribution is -0.118. The number of sulfonamides is 1. The maximum Gasteiger partial charge on any atom is 0.321 e. The summed E-state index contributed by atoms with van der Waals surface area (Å²) in [5.41, 5.74) is 1.36. The van der Waals surface area contributed by atoms with Crippen LogP contribution in [0.25, 0.3) is 0 Å². The van der Waals surface area contributed by atoms with E-state index in [-0.39, 0.29) is 17.5 Å². The Bertz CT molecular complexity index is 968. The smallest absolute Gasteiger partial charge is 0.321 e. The summed E-state index contributed by atoms with van der Waals surface area (Å²) in [6.07, 6.45) is 6.79. The van der Waals surface area contributed by atoms with E-state index in [4.69, 9.17) is 4.74 Å². The standard InChI is InChI=1S/C23H35N5O5S/c29-22(26-23(30)25-18-6-2-3-7-18)17-24-20-16-19(34(31,32)28-10-4-1-5-11-28)8-9-21(20)27-12-14-33-15-13-27/h8-9,16,18,24H,1-7,10-15,17H2,(H2,25,26,29,30).